The van der Waals surface area contributed by atoms with Crippen LogP contribution in [0.15, 0.2) is 0 Å². The second-order valence-electron chi connectivity index (χ2n) is 6.05. The van der Waals surface area contributed by atoms with Gasteiger partial charge in [0.25, 0.3) is 0 Å². The standard InChI is InChI=1S/C15H32N2S/c1-5-7-15(8-10-16-11-9-15)13-17(3)14(2)6-12-18-4/h14,16H,5-13H2,1-4H3. The van der Waals surface area contributed by atoms with Gasteiger partial charge in [0.05, 0.1) is 0 Å². The highest BCUT2D eigenvalue weighted by Gasteiger charge is 2.32. The van der Waals surface area contributed by atoms with Crippen molar-refractivity contribution >= 4 is 11.8 Å². The lowest BCUT2D eigenvalue weighted by atomic mass is 9.75. The van der Waals surface area contributed by atoms with Gasteiger partial charge in [-0.25, -0.2) is 0 Å². The lowest BCUT2D eigenvalue weighted by molar-refractivity contribution is 0.0947. The number of rotatable bonds is 8. The first-order valence-corrected chi connectivity index (χ1v) is 8.93. The number of hydrogen-bond acceptors (Lipinski definition) is 3. The molecule has 0 saturated carbocycles. The molecule has 108 valence electrons. The molecule has 1 fully saturated rings. The minimum Gasteiger partial charge on any atom is -0.317 e. The van der Waals surface area contributed by atoms with Crippen molar-refractivity contribution in [1.82, 2.24) is 10.2 Å². The second-order valence-corrected chi connectivity index (χ2v) is 7.03. The van der Waals surface area contributed by atoms with Gasteiger partial charge in [0.15, 0.2) is 0 Å². The molecular weight excluding hydrogens is 240 g/mol. The first kappa shape index (κ1) is 16.3. The van der Waals surface area contributed by atoms with E-state index in [4.69, 9.17) is 0 Å². The van der Waals surface area contributed by atoms with Crippen LogP contribution in [-0.2, 0) is 0 Å². The van der Waals surface area contributed by atoms with Crippen molar-refractivity contribution in [3.8, 4) is 0 Å². The number of nitrogens with zero attached hydrogens (tertiary/aromatic N) is 1. The van der Waals surface area contributed by atoms with E-state index in [1.807, 2.05) is 11.8 Å². The molecule has 0 bridgehead atoms. The van der Waals surface area contributed by atoms with Gasteiger partial charge in [0.1, 0.15) is 0 Å². The fourth-order valence-corrected chi connectivity index (χ4v) is 3.75. The van der Waals surface area contributed by atoms with Gasteiger partial charge in [-0.1, -0.05) is 13.3 Å². The maximum absolute atomic E-state index is 3.51. The molecule has 1 unspecified atom stereocenters. The average Bonchev–Trinajstić information content (AvgIpc) is 2.37. The Labute approximate surface area is 118 Å². The summed E-state index contributed by atoms with van der Waals surface area (Å²) in [4.78, 5) is 2.61. The zero-order chi connectivity index (χ0) is 13.4. The molecular formula is C15H32N2S. The molecule has 1 saturated heterocycles. The zero-order valence-corrected chi connectivity index (χ0v) is 13.6. The summed E-state index contributed by atoms with van der Waals surface area (Å²) < 4.78 is 0. The van der Waals surface area contributed by atoms with E-state index < -0.39 is 0 Å². The van der Waals surface area contributed by atoms with E-state index in [2.05, 4.69) is 37.4 Å². The van der Waals surface area contributed by atoms with Gasteiger partial charge in [-0.2, -0.15) is 11.8 Å². The van der Waals surface area contributed by atoms with Crippen LogP contribution in [0.1, 0.15) is 46.0 Å². The van der Waals surface area contributed by atoms with Crippen LogP contribution in [-0.4, -0.2) is 49.6 Å². The summed E-state index contributed by atoms with van der Waals surface area (Å²) in [7, 11) is 2.32. The van der Waals surface area contributed by atoms with Crippen LogP contribution in [0.5, 0.6) is 0 Å². The van der Waals surface area contributed by atoms with Crippen molar-refractivity contribution in [1.29, 1.82) is 0 Å². The fraction of sp³-hybridized carbons (Fsp3) is 1.00. The molecule has 1 atom stereocenters. The van der Waals surface area contributed by atoms with E-state index in [0.717, 1.165) is 6.04 Å². The first-order chi connectivity index (χ1) is 8.63. The van der Waals surface area contributed by atoms with Crippen LogP contribution >= 0.6 is 11.8 Å². The summed E-state index contributed by atoms with van der Waals surface area (Å²) >= 11 is 1.97. The first-order valence-electron chi connectivity index (χ1n) is 7.53. The number of thioether (sulfide) groups is 1. The van der Waals surface area contributed by atoms with E-state index in [1.54, 1.807) is 0 Å². The van der Waals surface area contributed by atoms with Crippen molar-refractivity contribution in [2.45, 2.75) is 52.0 Å². The van der Waals surface area contributed by atoms with Gasteiger partial charge in [0.2, 0.25) is 0 Å². The fourth-order valence-electron chi connectivity index (χ4n) is 3.17. The normalized spacial score (nSPS) is 21.2. The lowest BCUT2D eigenvalue weighted by Gasteiger charge is -2.42. The Morgan fingerprint density at radius 1 is 1.33 bits per heavy atom. The molecule has 0 spiro atoms. The predicted molar refractivity (Wildman–Crippen MR) is 84.5 cm³/mol. The monoisotopic (exact) mass is 272 g/mol. The van der Waals surface area contributed by atoms with Crippen molar-refractivity contribution in [2.24, 2.45) is 5.41 Å². The quantitative estimate of drug-likeness (QED) is 0.730. The third kappa shape index (κ3) is 5.10. The van der Waals surface area contributed by atoms with E-state index >= 15 is 0 Å². The summed E-state index contributed by atoms with van der Waals surface area (Å²) in [5.41, 5.74) is 0.586. The van der Waals surface area contributed by atoms with Crippen LogP contribution in [0.4, 0.5) is 0 Å². The molecule has 3 heteroatoms. The van der Waals surface area contributed by atoms with Gasteiger partial charge >= 0.3 is 0 Å². The predicted octanol–water partition coefficient (Wildman–Crippen LogP) is 3.23. The van der Waals surface area contributed by atoms with E-state index in [9.17, 15) is 0 Å². The number of piperidine rings is 1. The Hall–Kier alpha value is 0.270. The highest BCUT2D eigenvalue weighted by atomic mass is 32.2. The molecule has 0 aromatic rings. The van der Waals surface area contributed by atoms with Gasteiger partial charge < -0.3 is 10.2 Å². The maximum Gasteiger partial charge on any atom is 0.00719 e. The molecule has 1 rings (SSSR count). The van der Waals surface area contributed by atoms with Crippen LogP contribution in [0.2, 0.25) is 0 Å². The topological polar surface area (TPSA) is 15.3 Å². The Morgan fingerprint density at radius 3 is 2.56 bits per heavy atom. The van der Waals surface area contributed by atoms with Crippen molar-refractivity contribution in [3.63, 3.8) is 0 Å². The summed E-state index contributed by atoms with van der Waals surface area (Å²) in [5, 5.41) is 3.51. The highest BCUT2D eigenvalue weighted by molar-refractivity contribution is 7.98. The van der Waals surface area contributed by atoms with Crippen LogP contribution in [0.3, 0.4) is 0 Å². The molecule has 18 heavy (non-hydrogen) atoms. The SMILES string of the molecule is CCCC1(CN(C)C(C)CCSC)CCNCC1. The molecule has 0 aliphatic carbocycles. The van der Waals surface area contributed by atoms with Gasteiger partial charge in [0, 0.05) is 12.6 Å². The maximum atomic E-state index is 3.51. The van der Waals surface area contributed by atoms with Crippen LogP contribution < -0.4 is 5.32 Å². The summed E-state index contributed by atoms with van der Waals surface area (Å²) in [6.07, 6.45) is 8.97. The molecule has 1 aliphatic rings. The number of hydrogen-bond donors (Lipinski definition) is 1. The minimum absolute atomic E-state index is 0.586. The Balaban J connectivity index is 2.48. The van der Waals surface area contributed by atoms with Crippen molar-refractivity contribution in [3.05, 3.63) is 0 Å². The third-order valence-electron chi connectivity index (χ3n) is 4.52. The van der Waals surface area contributed by atoms with Gasteiger partial charge in [-0.15, -0.1) is 0 Å². The largest absolute Gasteiger partial charge is 0.317 e. The zero-order valence-electron chi connectivity index (χ0n) is 12.8. The van der Waals surface area contributed by atoms with Crippen LogP contribution in [0.25, 0.3) is 0 Å². The van der Waals surface area contributed by atoms with Gasteiger partial charge in [-0.05, 0) is 70.2 Å². The molecule has 1 N–H and O–H groups in total. The molecule has 2 nitrogen and oxygen atoms in total. The van der Waals surface area contributed by atoms with E-state index in [0.29, 0.717) is 5.41 Å². The lowest BCUT2D eigenvalue weighted by Crippen LogP contribution is -2.46. The Morgan fingerprint density at radius 2 is 2.00 bits per heavy atom. The molecule has 0 aromatic heterocycles. The van der Waals surface area contributed by atoms with Crippen molar-refractivity contribution < 1.29 is 0 Å². The highest BCUT2D eigenvalue weighted by Crippen LogP contribution is 2.35. The van der Waals surface area contributed by atoms with E-state index in [-0.39, 0.29) is 0 Å². The van der Waals surface area contributed by atoms with Gasteiger partial charge in [-0.3, -0.25) is 0 Å². The van der Waals surface area contributed by atoms with Crippen molar-refractivity contribution in [2.75, 3.05) is 38.7 Å². The molecule has 0 aromatic carbocycles. The molecule has 0 radical (unpaired) electrons. The molecule has 1 heterocycles. The second kappa shape index (κ2) is 8.44. The summed E-state index contributed by atoms with van der Waals surface area (Å²) in [5.74, 6) is 1.29. The number of nitrogens with one attached hydrogen (secondary N) is 1. The third-order valence-corrected chi connectivity index (χ3v) is 5.17. The summed E-state index contributed by atoms with van der Waals surface area (Å²) in [6.45, 7) is 8.44. The Bertz CT molecular complexity index is 209. The summed E-state index contributed by atoms with van der Waals surface area (Å²) in [6, 6.07) is 0.723. The minimum atomic E-state index is 0.586. The van der Waals surface area contributed by atoms with Crippen LogP contribution in [0, 0.1) is 5.41 Å². The molecule has 1 aliphatic heterocycles. The average molecular weight is 273 g/mol. The Kier molecular flexibility index (Phi) is 7.66. The smallest absolute Gasteiger partial charge is 0.00719 e. The van der Waals surface area contributed by atoms with E-state index in [1.165, 1.54) is 57.5 Å². The molecule has 0 amide bonds.